The molecule has 1 aromatic carbocycles. The molecule has 0 aliphatic rings. The Morgan fingerprint density at radius 3 is 2.41 bits per heavy atom. The van der Waals surface area contributed by atoms with E-state index in [1.807, 2.05) is 0 Å². The Balaban J connectivity index is 2.71. The van der Waals surface area contributed by atoms with Crippen LogP contribution in [0.5, 0.6) is 0 Å². The minimum absolute atomic E-state index is 0.0384. The van der Waals surface area contributed by atoms with Gasteiger partial charge in [-0.15, -0.1) is 0 Å². The number of ether oxygens (including phenoxy) is 1. The van der Waals surface area contributed by atoms with Crippen molar-refractivity contribution in [2.75, 3.05) is 6.61 Å². The van der Waals surface area contributed by atoms with Gasteiger partial charge < -0.3 is 4.74 Å². The van der Waals surface area contributed by atoms with Gasteiger partial charge in [0.05, 0.1) is 6.61 Å². The number of nitrogens with one attached hydrogen (secondary N) is 1. The van der Waals surface area contributed by atoms with Crippen LogP contribution in [0, 0.1) is 0 Å². The van der Waals surface area contributed by atoms with Crippen molar-refractivity contribution in [2.45, 2.75) is 13.0 Å². The summed E-state index contributed by atoms with van der Waals surface area (Å²) in [5.41, 5.74) is 0.0384. The van der Waals surface area contributed by atoms with E-state index in [0.717, 1.165) is 0 Å². The maximum atomic E-state index is 13.1. The number of hydrogen-bond donors (Lipinski definition) is 1. The first-order valence-electron chi connectivity index (χ1n) is 4.90. The average Bonchev–Trinajstić information content (AvgIpc) is 2.30. The van der Waals surface area contributed by atoms with Gasteiger partial charge in [0.25, 0.3) is 5.91 Å². The summed E-state index contributed by atoms with van der Waals surface area (Å²) in [5, 5.41) is 1.31. The van der Waals surface area contributed by atoms with Gasteiger partial charge in [-0.3, -0.25) is 10.1 Å². The fourth-order valence-corrected chi connectivity index (χ4v) is 1.08. The molecule has 0 unspecified atom stereocenters. The van der Waals surface area contributed by atoms with Crippen LogP contribution in [0.2, 0.25) is 0 Å². The third kappa shape index (κ3) is 3.51. The monoisotopic (exact) mass is 243 g/mol. The van der Waals surface area contributed by atoms with Gasteiger partial charge in [0, 0.05) is 5.56 Å². The number of esters is 1. The van der Waals surface area contributed by atoms with E-state index in [1.54, 1.807) is 6.07 Å². The first-order valence-corrected chi connectivity index (χ1v) is 4.90. The third-order valence-corrected chi connectivity index (χ3v) is 1.84. The molecule has 0 radical (unpaired) electrons. The Labute approximate surface area is 96.6 Å². The fraction of sp³-hybridized carbons (Fsp3) is 0.273. The molecule has 0 atom stereocenters. The van der Waals surface area contributed by atoms with Gasteiger partial charge >= 0.3 is 12.0 Å². The molecule has 17 heavy (non-hydrogen) atoms. The number of carbonyl (C=O) groups excluding carboxylic acids is 2. The molecule has 0 spiro atoms. The summed E-state index contributed by atoms with van der Waals surface area (Å²) in [6, 6.07) is 3.38. The normalized spacial score (nSPS) is 10.8. The predicted molar refractivity (Wildman–Crippen MR) is 55.5 cm³/mol. The maximum absolute atomic E-state index is 13.1. The number of amides is 1. The van der Waals surface area contributed by atoms with E-state index in [4.69, 9.17) is 0 Å². The minimum Gasteiger partial charge on any atom is -0.460 e. The van der Waals surface area contributed by atoms with E-state index < -0.39 is 17.9 Å². The number of alkyl halides is 2. The molecule has 0 heterocycles. The van der Waals surface area contributed by atoms with Crippen LogP contribution in [-0.4, -0.2) is 24.5 Å². The predicted octanol–water partition coefficient (Wildman–Crippen LogP) is 1.57. The zero-order chi connectivity index (χ0) is 12.9. The molecule has 0 aliphatic carbocycles. The number of rotatable bonds is 4. The average molecular weight is 243 g/mol. The Kier molecular flexibility index (Phi) is 4.14. The topological polar surface area (TPSA) is 55.4 Å². The van der Waals surface area contributed by atoms with Crippen molar-refractivity contribution < 1.29 is 23.1 Å². The fourth-order valence-electron chi connectivity index (χ4n) is 1.08. The molecule has 1 aromatic rings. The van der Waals surface area contributed by atoms with Gasteiger partial charge in [-0.2, -0.15) is 8.78 Å². The second-order valence-corrected chi connectivity index (χ2v) is 3.12. The van der Waals surface area contributed by atoms with Crippen LogP contribution in [0.1, 0.15) is 17.3 Å². The summed E-state index contributed by atoms with van der Waals surface area (Å²) in [4.78, 5) is 22.2. The van der Waals surface area contributed by atoms with E-state index in [-0.39, 0.29) is 12.2 Å². The first-order chi connectivity index (χ1) is 7.97. The highest BCUT2D eigenvalue weighted by Gasteiger charge is 2.42. The Morgan fingerprint density at radius 1 is 1.29 bits per heavy atom. The lowest BCUT2D eigenvalue weighted by molar-refractivity contribution is -0.174. The van der Waals surface area contributed by atoms with E-state index in [2.05, 4.69) is 4.74 Å². The highest BCUT2D eigenvalue weighted by molar-refractivity contribution is 5.97. The van der Waals surface area contributed by atoms with E-state index >= 15 is 0 Å². The minimum atomic E-state index is -4.02. The Hall–Kier alpha value is -1.98. The lowest BCUT2D eigenvalue weighted by atomic mass is 10.2. The van der Waals surface area contributed by atoms with E-state index in [0.29, 0.717) is 0 Å². The first kappa shape index (κ1) is 13.1. The summed E-state index contributed by atoms with van der Waals surface area (Å²) < 4.78 is 30.4. The van der Waals surface area contributed by atoms with Gasteiger partial charge in [0.1, 0.15) is 0 Å². The molecule has 1 N–H and O–H groups in total. The molecule has 0 saturated heterocycles. The molecular weight excluding hydrogens is 232 g/mol. The Bertz CT molecular complexity index is 406. The number of hydrogen-bond acceptors (Lipinski definition) is 3. The largest absolute Gasteiger partial charge is 0.460 e. The van der Waals surface area contributed by atoms with Crippen molar-refractivity contribution in [3.63, 3.8) is 0 Å². The molecule has 0 saturated carbocycles. The summed E-state index contributed by atoms with van der Waals surface area (Å²) >= 11 is 0. The van der Waals surface area contributed by atoms with Gasteiger partial charge in [-0.05, 0) is 19.1 Å². The quantitative estimate of drug-likeness (QED) is 0.645. The standard InChI is InChI=1S/C11H11F2NO3/c1-2-17-10(16)11(12,13)14-9(15)8-6-4-3-5-7-8/h3-7H,2H2,1H3,(H,14,15). The van der Waals surface area contributed by atoms with E-state index in [9.17, 15) is 18.4 Å². The summed E-state index contributed by atoms with van der Waals surface area (Å²) in [6.45, 7) is 1.21. The van der Waals surface area contributed by atoms with Crippen LogP contribution >= 0.6 is 0 Å². The lowest BCUT2D eigenvalue weighted by Crippen LogP contribution is -2.48. The van der Waals surface area contributed by atoms with Crippen LogP contribution in [0.4, 0.5) is 8.78 Å². The third-order valence-electron chi connectivity index (χ3n) is 1.84. The van der Waals surface area contributed by atoms with Crippen molar-refractivity contribution in [1.29, 1.82) is 0 Å². The van der Waals surface area contributed by atoms with Crippen LogP contribution in [0.3, 0.4) is 0 Å². The number of benzene rings is 1. The molecule has 0 bridgehead atoms. The Morgan fingerprint density at radius 2 is 1.88 bits per heavy atom. The van der Waals surface area contributed by atoms with Gasteiger partial charge in [0.15, 0.2) is 0 Å². The molecule has 92 valence electrons. The molecule has 4 nitrogen and oxygen atoms in total. The highest BCUT2D eigenvalue weighted by Crippen LogP contribution is 2.13. The van der Waals surface area contributed by atoms with E-state index in [1.165, 1.54) is 36.5 Å². The molecule has 6 heteroatoms. The molecule has 0 aromatic heterocycles. The molecule has 0 aliphatic heterocycles. The SMILES string of the molecule is CCOC(=O)C(F)(F)NC(=O)c1ccccc1. The van der Waals surface area contributed by atoms with Gasteiger partial charge in [0.2, 0.25) is 0 Å². The van der Waals surface area contributed by atoms with Crippen molar-refractivity contribution in [1.82, 2.24) is 5.32 Å². The maximum Gasteiger partial charge on any atom is 0.423 e. The second-order valence-electron chi connectivity index (χ2n) is 3.12. The number of carbonyl (C=O) groups is 2. The molecule has 1 rings (SSSR count). The van der Waals surface area contributed by atoms with Crippen LogP contribution in [0.25, 0.3) is 0 Å². The summed E-state index contributed by atoms with van der Waals surface area (Å²) in [5.74, 6) is -2.81. The zero-order valence-corrected chi connectivity index (χ0v) is 9.07. The second kappa shape index (κ2) is 5.38. The van der Waals surface area contributed by atoms with Gasteiger partial charge in [-0.25, -0.2) is 4.79 Å². The molecular formula is C11H11F2NO3. The van der Waals surface area contributed by atoms with Crippen molar-refractivity contribution >= 4 is 11.9 Å². The lowest BCUT2D eigenvalue weighted by Gasteiger charge is -2.15. The molecule has 0 fully saturated rings. The summed E-state index contributed by atoms with van der Waals surface area (Å²) in [7, 11) is 0. The smallest absolute Gasteiger partial charge is 0.423 e. The highest BCUT2D eigenvalue weighted by atomic mass is 19.3. The van der Waals surface area contributed by atoms with Crippen LogP contribution < -0.4 is 5.32 Å². The number of halogens is 2. The van der Waals surface area contributed by atoms with Crippen molar-refractivity contribution in [3.8, 4) is 0 Å². The zero-order valence-electron chi connectivity index (χ0n) is 9.07. The summed E-state index contributed by atoms with van der Waals surface area (Å²) in [6.07, 6.45) is 0. The van der Waals surface area contributed by atoms with Crippen molar-refractivity contribution in [2.24, 2.45) is 0 Å². The van der Waals surface area contributed by atoms with Crippen LogP contribution in [0.15, 0.2) is 30.3 Å². The molecule has 1 amide bonds. The van der Waals surface area contributed by atoms with Gasteiger partial charge in [-0.1, -0.05) is 18.2 Å². The van der Waals surface area contributed by atoms with Crippen LogP contribution in [-0.2, 0) is 9.53 Å². The van der Waals surface area contributed by atoms with Crippen molar-refractivity contribution in [3.05, 3.63) is 35.9 Å².